The molecule has 100 valence electrons. The number of anilines is 1. The number of nitrogens with zero attached hydrogens (tertiary/aromatic N) is 1. The Balaban J connectivity index is 2.29. The minimum Gasteiger partial charge on any atom is -0.367 e. The van der Waals surface area contributed by atoms with Gasteiger partial charge in [-0.05, 0) is 58.8 Å². The van der Waals surface area contributed by atoms with Gasteiger partial charge in [0.25, 0.3) is 0 Å². The van der Waals surface area contributed by atoms with Crippen molar-refractivity contribution in [3.05, 3.63) is 28.2 Å². The van der Waals surface area contributed by atoms with E-state index in [1.54, 1.807) is 0 Å². The van der Waals surface area contributed by atoms with Crippen LogP contribution in [0.15, 0.2) is 22.7 Å². The normalized spacial score (nSPS) is 28.5. The highest BCUT2D eigenvalue weighted by molar-refractivity contribution is 9.10. The smallest absolute Gasteiger partial charge is 0.0513 e. The van der Waals surface area contributed by atoms with Gasteiger partial charge in [-0.3, -0.25) is 0 Å². The number of piperidine rings is 1. The van der Waals surface area contributed by atoms with E-state index in [2.05, 4.69) is 75.7 Å². The predicted molar refractivity (Wildman–Crippen MR) is 86.5 cm³/mol. The molecule has 3 atom stereocenters. The molecule has 1 fully saturated rings. The fraction of sp³-hybridized carbons (Fsp3) is 0.600. The maximum absolute atomic E-state index is 3.73. The summed E-state index contributed by atoms with van der Waals surface area (Å²) in [5.74, 6) is 1.54. The fourth-order valence-electron chi connectivity index (χ4n) is 2.90. The number of hydrogen-bond acceptors (Lipinski definition) is 1. The molecular weight excluding hydrogens is 354 g/mol. The van der Waals surface area contributed by atoms with Gasteiger partial charge in [-0.2, -0.15) is 0 Å². The third-order valence-corrected chi connectivity index (χ3v) is 5.36. The molecule has 1 aliphatic rings. The van der Waals surface area contributed by atoms with E-state index in [1.165, 1.54) is 22.1 Å². The van der Waals surface area contributed by atoms with Crippen molar-refractivity contribution >= 4 is 37.5 Å². The first kappa shape index (κ1) is 14.4. The Bertz CT molecular complexity index is 419. The molecule has 0 aromatic heterocycles. The van der Waals surface area contributed by atoms with Crippen molar-refractivity contribution in [1.29, 1.82) is 0 Å². The molecule has 2 rings (SSSR count). The van der Waals surface area contributed by atoms with Gasteiger partial charge in [0.15, 0.2) is 0 Å². The average Bonchev–Trinajstić information content (AvgIpc) is 2.34. The van der Waals surface area contributed by atoms with E-state index in [0.29, 0.717) is 6.04 Å². The van der Waals surface area contributed by atoms with Crippen molar-refractivity contribution in [3.63, 3.8) is 0 Å². The molecule has 0 radical (unpaired) electrons. The van der Waals surface area contributed by atoms with Gasteiger partial charge >= 0.3 is 0 Å². The quantitative estimate of drug-likeness (QED) is 0.641. The number of benzene rings is 1. The van der Waals surface area contributed by atoms with Crippen molar-refractivity contribution in [2.75, 3.05) is 11.4 Å². The van der Waals surface area contributed by atoms with Gasteiger partial charge in [0.2, 0.25) is 0 Å². The number of halogens is 2. The van der Waals surface area contributed by atoms with E-state index in [1.807, 2.05) is 0 Å². The summed E-state index contributed by atoms with van der Waals surface area (Å²) in [5, 5.41) is 0.911. The Morgan fingerprint density at radius 2 is 2.00 bits per heavy atom. The summed E-state index contributed by atoms with van der Waals surface area (Å²) in [6.07, 6.45) is 1.34. The van der Waals surface area contributed by atoms with Gasteiger partial charge in [-0.15, -0.1) is 0 Å². The molecule has 1 nitrogen and oxygen atoms in total. The van der Waals surface area contributed by atoms with Crippen LogP contribution in [0.25, 0.3) is 0 Å². The molecule has 1 aromatic rings. The maximum Gasteiger partial charge on any atom is 0.0513 e. The van der Waals surface area contributed by atoms with Crippen LogP contribution in [0.4, 0.5) is 5.69 Å². The van der Waals surface area contributed by atoms with Gasteiger partial charge in [-0.25, -0.2) is 0 Å². The molecule has 3 heteroatoms. The SMILES string of the molecule is CC1CC(C)C(C)N(c2ccc(CBr)cc2Br)C1. The first-order valence-electron chi connectivity index (χ1n) is 6.64. The zero-order valence-corrected chi connectivity index (χ0v) is 14.5. The van der Waals surface area contributed by atoms with Crippen LogP contribution in [0, 0.1) is 11.8 Å². The topological polar surface area (TPSA) is 3.24 Å². The zero-order chi connectivity index (χ0) is 13.3. The molecule has 0 N–H and O–H groups in total. The Hall–Kier alpha value is -0.0200. The highest BCUT2D eigenvalue weighted by Gasteiger charge is 2.29. The predicted octanol–water partition coefficient (Wildman–Crippen LogP) is 5.21. The van der Waals surface area contributed by atoms with Crippen LogP contribution in [-0.4, -0.2) is 12.6 Å². The minimum absolute atomic E-state index is 0.618. The third kappa shape index (κ3) is 2.93. The van der Waals surface area contributed by atoms with Crippen LogP contribution in [0.2, 0.25) is 0 Å². The Labute approximate surface area is 127 Å². The van der Waals surface area contributed by atoms with E-state index < -0.39 is 0 Å². The fourth-order valence-corrected chi connectivity index (χ4v) is 3.90. The number of hydrogen-bond donors (Lipinski definition) is 0. The summed E-state index contributed by atoms with van der Waals surface area (Å²) in [4.78, 5) is 2.56. The molecule has 0 saturated carbocycles. The molecule has 1 aliphatic heterocycles. The van der Waals surface area contributed by atoms with E-state index >= 15 is 0 Å². The first-order chi connectivity index (χ1) is 8.52. The van der Waals surface area contributed by atoms with Gasteiger partial charge in [0, 0.05) is 22.4 Å². The number of alkyl halides is 1. The lowest BCUT2D eigenvalue weighted by Crippen LogP contribution is -2.46. The lowest BCUT2D eigenvalue weighted by molar-refractivity contribution is 0.297. The lowest BCUT2D eigenvalue weighted by atomic mass is 9.85. The second-order valence-corrected chi connectivity index (χ2v) is 7.05. The van der Waals surface area contributed by atoms with Gasteiger partial charge in [-0.1, -0.05) is 35.8 Å². The summed E-state index contributed by atoms with van der Waals surface area (Å²) in [6.45, 7) is 8.24. The highest BCUT2D eigenvalue weighted by atomic mass is 79.9. The third-order valence-electron chi connectivity index (χ3n) is 4.07. The van der Waals surface area contributed by atoms with E-state index in [9.17, 15) is 0 Å². The van der Waals surface area contributed by atoms with Crippen LogP contribution >= 0.6 is 31.9 Å². The van der Waals surface area contributed by atoms with Crippen LogP contribution in [0.1, 0.15) is 32.8 Å². The second kappa shape index (κ2) is 5.96. The largest absolute Gasteiger partial charge is 0.367 e. The Morgan fingerprint density at radius 3 is 2.61 bits per heavy atom. The summed E-state index contributed by atoms with van der Waals surface area (Å²) >= 11 is 7.24. The number of rotatable bonds is 2. The van der Waals surface area contributed by atoms with Crippen LogP contribution in [-0.2, 0) is 5.33 Å². The average molecular weight is 375 g/mol. The zero-order valence-electron chi connectivity index (χ0n) is 11.3. The molecule has 1 aromatic carbocycles. The minimum atomic E-state index is 0.618. The second-order valence-electron chi connectivity index (χ2n) is 5.63. The van der Waals surface area contributed by atoms with Crippen LogP contribution < -0.4 is 4.90 Å². The summed E-state index contributed by atoms with van der Waals surface area (Å²) in [6, 6.07) is 7.31. The monoisotopic (exact) mass is 373 g/mol. The van der Waals surface area contributed by atoms with Crippen LogP contribution in [0.5, 0.6) is 0 Å². The molecule has 0 amide bonds. The molecule has 1 heterocycles. The lowest BCUT2D eigenvalue weighted by Gasteiger charge is -2.43. The first-order valence-corrected chi connectivity index (χ1v) is 8.55. The molecule has 0 spiro atoms. The van der Waals surface area contributed by atoms with Crippen molar-refractivity contribution in [3.8, 4) is 0 Å². The van der Waals surface area contributed by atoms with Gasteiger partial charge in [0.1, 0.15) is 0 Å². The summed E-state index contributed by atoms with van der Waals surface area (Å²) in [7, 11) is 0. The van der Waals surface area contributed by atoms with Crippen LogP contribution in [0.3, 0.4) is 0 Å². The maximum atomic E-state index is 3.73. The van der Waals surface area contributed by atoms with Crippen molar-refractivity contribution in [2.24, 2.45) is 11.8 Å². The molecule has 3 unspecified atom stereocenters. The summed E-state index contributed by atoms with van der Waals surface area (Å²) < 4.78 is 1.22. The van der Waals surface area contributed by atoms with Gasteiger partial charge in [0.05, 0.1) is 5.69 Å². The Kier molecular flexibility index (Phi) is 4.76. The van der Waals surface area contributed by atoms with Crippen molar-refractivity contribution in [2.45, 2.75) is 38.6 Å². The van der Waals surface area contributed by atoms with Crippen molar-refractivity contribution in [1.82, 2.24) is 0 Å². The van der Waals surface area contributed by atoms with E-state index in [-0.39, 0.29) is 0 Å². The molecular formula is C15H21Br2N. The standard InChI is InChI=1S/C15H21Br2N/c1-10-6-11(2)12(3)18(9-10)15-5-4-13(8-16)7-14(15)17/h4-5,7,10-12H,6,8-9H2,1-3H3. The summed E-state index contributed by atoms with van der Waals surface area (Å²) in [5.41, 5.74) is 2.65. The highest BCUT2D eigenvalue weighted by Crippen LogP contribution is 2.35. The molecule has 18 heavy (non-hydrogen) atoms. The Morgan fingerprint density at radius 1 is 1.28 bits per heavy atom. The van der Waals surface area contributed by atoms with Crippen molar-refractivity contribution < 1.29 is 0 Å². The molecule has 0 aliphatic carbocycles. The van der Waals surface area contributed by atoms with E-state index in [4.69, 9.17) is 0 Å². The molecule has 0 bridgehead atoms. The van der Waals surface area contributed by atoms with E-state index in [0.717, 1.165) is 23.7 Å². The van der Waals surface area contributed by atoms with Gasteiger partial charge < -0.3 is 4.90 Å². The molecule has 1 saturated heterocycles.